The van der Waals surface area contributed by atoms with Crippen LogP contribution in [-0.2, 0) is 17.7 Å². The maximum atomic E-state index is 5.43. The average molecular weight is 429 g/mol. The molecule has 0 bridgehead atoms. The van der Waals surface area contributed by atoms with Gasteiger partial charge in [0.2, 0.25) is 11.8 Å². The SMILES string of the molecule is COc1cc(N2CCc3ccccc3C2)nc(NC(=S)NCCN2CCOCC2)n1. The third-order valence-corrected chi connectivity index (χ3v) is 5.64. The summed E-state index contributed by atoms with van der Waals surface area (Å²) < 4.78 is 10.8. The fourth-order valence-electron chi connectivity index (χ4n) is 3.72. The van der Waals surface area contributed by atoms with E-state index in [1.807, 2.05) is 6.07 Å². The molecule has 0 aliphatic carbocycles. The topological polar surface area (TPSA) is 74.8 Å². The molecule has 1 saturated heterocycles. The first-order chi connectivity index (χ1) is 14.7. The molecule has 4 rings (SSSR count). The fraction of sp³-hybridized carbons (Fsp3) is 0.476. The molecule has 2 aromatic rings. The van der Waals surface area contributed by atoms with Crippen LogP contribution in [0.25, 0.3) is 0 Å². The zero-order valence-corrected chi connectivity index (χ0v) is 18.1. The average Bonchev–Trinajstić information content (AvgIpc) is 2.79. The van der Waals surface area contributed by atoms with Crippen molar-refractivity contribution in [2.24, 2.45) is 0 Å². The van der Waals surface area contributed by atoms with Crippen molar-refractivity contribution >= 4 is 29.1 Å². The monoisotopic (exact) mass is 428 g/mol. The fourth-order valence-corrected chi connectivity index (χ4v) is 3.92. The lowest BCUT2D eigenvalue weighted by Crippen LogP contribution is -2.42. The van der Waals surface area contributed by atoms with E-state index in [0.717, 1.165) is 64.7 Å². The van der Waals surface area contributed by atoms with Gasteiger partial charge >= 0.3 is 0 Å². The minimum atomic E-state index is 0.437. The van der Waals surface area contributed by atoms with Crippen LogP contribution in [0.1, 0.15) is 11.1 Å². The Morgan fingerprint density at radius 3 is 2.77 bits per heavy atom. The highest BCUT2D eigenvalue weighted by Gasteiger charge is 2.19. The number of methoxy groups -OCH3 is 1. The normalized spacial score (nSPS) is 16.6. The molecule has 9 heteroatoms. The highest BCUT2D eigenvalue weighted by Crippen LogP contribution is 2.26. The van der Waals surface area contributed by atoms with Crippen molar-refractivity contribution in [2.75, 3.05) is 63.3 Å². The molecule has 8 nitrogen and oxygen atoms in total. The van der Waals surface area contributed by atoms with E-state index in [2.05, 4.69) is 54.7 Å². The Morgan fingerprint density at radius 1 is 1.17 bits per heavy atom. The Kier molecular flexibility index (Phi) is 6.93. The van der Waals surface area contributed by atoms with E-state index in [0.29, 0.717) is 16.9 Å². The summed E-state index contributed by atoms with van der Waals surface area (Å²) in [5.41, 5.74) is 2.73. The van der Waals surface area contributed by atoms with E-state index in [4.69, 9.17) is 21.7 Å². The second kappa shape index (κ2) is 10.0. The number of anilines is 2. The van der Waals surface area contributed by atoms with Gasteiger partial charge in [-0.15, -0.1) is 0 Å². The van der Waals surface area contributed by atoms with Crippen molar-refractivity contribution in [1.29, 1.82) is 0 Å². The smallest absolute Gasteiger partial charge is 0.234 e. The highest BCUT2D eigenvalue weighted by atomic mass is 32.1. The maximum absolute atomic E-state index is 5.43. The number of hydrogen-bond donors (Lipinski definition) is 2. The third-order valence-electron chi connectivity index (χ3n) is 5.40. The molecule has 0 saturated carbocycles. The summed E-state index contributed by atoms with van der Waals surface area (Å²) in [6.45, 7) is 6.91. The lowest BCUT2D eigenvalue weighted by Gasteiger charge is -2.30. The Labute approximate surface area is 182 Å². The molecule has 160 valence electrons. The highest BCUT2D eigenvalue weighted by molar-refractivity contribution is 7.80. The summed E-state index contributed by atoms with van der Waals surface area (Å²) in [7, 11) is 1.61. The summed E-state index contributed by atoms with van der Waals surface area (Å²) in [6, 6.07) is 10.4. The quantitative estimate of drug-likeness (QED) is 0.668. The van der Waals surface area contributed by atoms with Crippen molar-refractivity contribution in [3.63, 3.8) is 0 Å². The Balaban J connectivity index is 1.37. The van der Waals surface area contributed by atoms with E-state index in [1.165, 1.54) is 11.1 Å². The van der Waals surface area contributed by atoms with Crippen LogP contribution in [-0.4, -0.2) is 73.0 Å². The van der Waals surface area contributed by atoms with Gasteiger partial charge in [-0.2, -0.15) is 9.97 Å². The van der Waals surface area contributed by atoms with Crippen molar-refractivity contribution in [3.05, 3.63) is 41.5 Å². The van der Waals surface area contributed by atoms with Gasteiger partial charge in [0.1, 0.15) is 5.82 Å². The third kappa shape index (κ3) is 5.35. The number of benzene rings is 1. The minimum absolute atomic E-state index is 0.437. The molecular formula is C21H28N6O2S. The first-order valence-corrected chi connectivity index (χ1v) is 10.7. The van der Waals surface area contributed by atoms with Crippen LogP contribution in [0.4, 0.5) is 11.8 Å². The number of nitrogens with zero attached hydrogens (tertiary/aromatic N) is 4. The van der Waals surface area contributed by atoms with Gasteiger partial charge in [0.15, 0.2) is 5.11 Å². The Hall–Kier alpha value is -2.49. The predicted octanol–water partition coefficient (Wildman–Crippen LogP) is 1.67. The molecule has 30 heavy (non-hydrogen) atoms. The van der Waals surface area contributed by atoms with Gasteiger partial charge in [-0.3, -0.25) is 4.90 Å². The Bertz CT molecular complexity index is 874. The molecule has 1 fully saturated rings. The molecule has 2 N–H and O–H groups in total. The molecule has 3 heterocycles. The van der Waals surface area contributed by atoms with Crippen LogP contribution in [0, 0.1) is 0 Å². The van der Waals surface area contributed by atoms with Crippen molar-refractivity contribution in [3.8, 4) is 5.88 Å². The first-order valence-electron chi connectivity index (χ1n) is 10.3. The number of nitrogens with one attached hydrogen (secondary N) is 2. The van der Waals surface area contributed by atoms with Crippen LogP contribution in [0.15, 0.2) is 30.3 Å². The van der Waals surface area contributed by atoms with Gasteiger partial charge in [0.05, 0.1) is 20.3 Å². The van der Waals surface area contributed by atoms with Crippen LogP contribution in [0.3, 0.4) is 0 Å². The van der Waals surface area contributed by atoms with Crippen molar-refractivity contribution < 1.29 is 9.47 Å². The van der Waals surface area contributed by atoms with E-state index >= 15 is 0 Å². The molecule has 1 aromatic carbocycles. The lowest BCUT2D eigenvalue weighted by molar-refractivity contribution is 0.0389. The van der Waals surface area contributed by atoms with E-state index in [9.17, 15) is 0 Å². The Morgan fingerprint density at radius 2 is 1.97 bits per heavy atom. The van der Waals surface area contributed by atoms with Crippen LogP contribution in [0.5, 0.6) is 5.88 Å². The summed E-state index contributed by atoms with van der Waals surface area (Å²) in [4.78, 5) is 13.7. The number of thiocarbonyl (C=S) groups is 1. The number of fused-ring (bicyclic) bond motifs is 1. The minimum Gasteiger partial charge on any atom is -0.481 e. The molecule has 0 atom stereocenters. The molecule has 0 amide bonds. The number of morpholine rings is 1. The summed E-state index contributed by atoms with van der Waals surface area (Å²) in [5.74, 6) is 1.78. The number of ether oxygens (including phenoxy) is 2. The molecule has 0 spiro atoms. The standard InChI is InChI=1S/C21H28N6O2S/c1-28-19-14-18(27-8-6-16-4-2-3-5-17(16)15-27)23-20(24-19)25-21(30)22-7-9-26-10-12-29-13-11-26/h2-5,14H,6-13,15H2,1H3,(H2,22,23,24,25,30). The maximum Gasteiger partial charge on any atom is 0.234 e. The van der Waals surface area contributed by atoms with Gasteiger partial charge in [-0.25, -0.2) is 0 Å². The van der Waals surface area contributed by atoms with E-state index in [-0.39, 0.29) is 0 Å². The van der Waals surface area contributed by atoms with E-state index < -0.39 is 0 Å². The second-order valence-electron chi connectivity index (χ2n) is 7.37. The predicted molar refractivity (Wildman–Crippen MR) is 121 cm³/mol. The molecular weight excluding hydrogens is 400 g/mol. The van der Waals surface area contributed by atoms with Gasteiger partial charge in [0, 0.05) is 45.3 Å². The number of rotatable bonds is 6. The summed E-state index contributed by atoms with van der Waals surface area (Å²) in [5, 5.41) is 6.84. The zero-order chi connectivity index (χ0) is 20.8. The number of hydrogen-bond acceptors (Lipinski definition) is 7. The summed E-state index contributed by atoms with van der Waals surface area (Å²) >= 11 is 5.43. The lowest BCUT2D eigenvalue weighted by atomic mass is 10.00. The summed E-state index contributed by atoms with van der Waals surface area (Å²) in [6.07, 6.45) is 0.993. The van der Waals surface area contributed by atoms with Gasteiger partial charge in [0.25, 0.3) is 0 Å². The van der Waals surface area contributed by atoms with Gasteiger partial charge < -0.3 is 25.0 Å². The molecule has 0 radical (unpaired) electrons. The molecule has 1 aromatic heterocycles. The van der Waals surface area contributed by atoms with E-state index in [1.54, 1.807) is 7.11 Å². The van der Waals surface area contributed by atoms with Crippen LogP contribution in [0.2, 0.25) is 0 Å². The van der Waals surface area contributed by atoms with Crippen molar-refractivity contribution in [1.82, 2.24) is 20.2 Å². The zero-order valence-electron chi connectivity index (χ0n) is 17.3. The van der Waals surface area contributed by atoms with Crippen LogP contribution >= 0.6 is 12.2 Å². The second-order valence-corrected chi connectivity index (χ2v) is 7.78. The molecule has 2 aliphatic heterocycles. The molecule has 2 aliphatic rings. The van der Waals surface area contributed by atoms with Crippen LogP contribution < -0.4 is 20.3 Å². The van der Waals surface area contributed by atoms with Gasteiger partial charge in [-0.05, 0) is 29.8 Å². The number of aromatic nitrogens is 2. The van der Waals surface area contributed by atoms with Gasteiger partial charge in [-0.1, -0.05) is 24.3 Å². The molecule has 0 unspecified atom stereocenters. The van der Waals surface area contributed by atoms with Crippen molar-refractivity contribution in [2.45, 2.75) is 13.0 Å². The largest absolute Gasteiger partial charge is 0.481 e. The first kappa shape index (κ1) is 20.8.